The monoisotopic (exact) mass is 490 g/mol. The van der Waals surface area contributed by atoms with Crippen molar-refractivity contribution in [3.8, 4) is 0 Å². The molecule has 28 heavy (non-hydrogen) atoms. The summed E-state index contributed by atoms with van der Waals surface area (Å²) < 4.78 is 6.71. The second-order valence-electron chi connectivity index (χ2n) is 5.66. The molecule has 1 aromatic heterocycles. The van der Waals surface area contributed by atoms with Gasteiger partial charge in [0, 0.05) is 16.0 Å². The molecule has 0 atom stereocenters. The van der Waals surface area contributed by atoms with Crippen LogP contribution in [0.4, 0.5) is 5.69 Å². The van der Waals surface area contributed by atoms with Gasteiger partial charge in [-0.25, -0.2) is 4.99 Å². The normalized spacial score (nSPS) is 16.7. The highest BCUT2D eigenvalue weighted by Gasteiger charge is 2.24. The average molecular weight is 492 g/mol. The van der Waals surface area contributed by atoms with E-state index in [9.17, 15) is 4.79 Å². The summed E-state index contributed by atoms with van der Waals surface area (Å²) in [7, 11) is 0. The quantitative estimate of drug-likeness (QED) is 0.411. The number of hydrogen-bond acceptors (Lipinski definition) is 5. The first-order chi connectivity index (χ1) is 13.6. The smallest absolute Gasteiger partial charge is 0.264 e. The third-order valence-corrected chi connectivity index (χ3v) is 6.62. The van der Waals surface area contributed by atoms with Gasteiger partial charge in [0.1, 0.15) is 5.76 Å². The minimum Gasteiger partial charge on any atom is -0.449 e. The Morgan fingerprint density at radius 3 is 2.64 bits per heavy atom. The van der Waals surface area contributed by atoms with Crippen LogP contribution >= 0.6 is 51.1 Å². The molecule has 0 spiro atoms. The highest BCUT2D eigenvalue weighted by molar-refractivity contribution is 9.10. The first-order valence-corrected chi connectivity index (χ1v) is 10.9. The van der Waals surface area contributed by atoms with Crippen LogP contribution in [0.1, 0.15) is 5.76 Å². The molecule has 1 aliphatic heterocycles. The molecule has 0 saturated carbocycles. The van der Waals surface area contributed by atoms with Crippen LogP contribution < -0.4 is 5.32 Å². The summed E-state index contributed by atoms with van der Waals surface area (Å²) in [5.74, 6) is 0.390. The summed E-state index contributed by atoms with van der Waals surface area (Å²) in [6, 6.07) is 18.8. The minimum absolute atomic E-state index is 0.195. The lowest BCUT2D eigenvalue weighted by atomic mass is 10.3. The van der Waals surface area contributed by atoms with Crippen molar-refractivity contribution < 1.29 is 9.21 Å². The third kappa shape index (κ3) is 4.72. The Labute approximate surface area is 183 Å². The van der Waals surface area contributed by atoms with Crippen LogP contribution in [0.5, 0.6) is 0 Å². The van der Waals surface area contributed by atoms with Crippen LogP contribution in [0.15, 0.2) is 89.4 Å². The lowest BCUT2D eigenvalue weighted by Crippen LogP contribution is -2.19. The van der Waals surface area contributed by atoms with E-state index in [1.54, 1.807) is 6.08 Å². The molecule has 0 bridgehead atoms. The third-order valence-electron chi connectivity index (χ3n) is 3.61. The number of amides is 1. The number of rotatable bonds is 4. The molecule has 2 aromatic carbocycles. The minimum atomic E-state index is -0.195. The fourth-order valence-corrected chi connectivity index (χ4v) is 4.63. The topological polar surface area (TPSA) is 54.6 Å². The Morgan fingerprint density at radius 1 is 1.14 bits per heavy atom. The Kier molecular flexibility index (Phi) is 5.96. The zero-order chi connectivity index (χ0) is 19.5. The van der Waals surface area contributed by atoms with Crippen LogP contribution in [0, 0.1) is 0 Å². The van der Waals surface area contributed by atoms with E-state index in [4.69, 9.17) is 16.0 Å². The number of hydrogen-bond donors (Lipinski definition) is 1. The van der Waals surface area contributed by atoms with E-state index in [2.05, 4.69) is 26.2 Å². The number of para-hydroxylation sites is 1. The first-order valence-electron chi connectivity index (χ1n) is 8.14. The number of amidine groups is 1. The Balaban J connectivity index is 1.52. The lowest BCUT2D eigenvalue weighted by Gasteiger charge is -1.98. The van der Waals surface area contributed by atoms with Gasteiger partial charge in [0.25, 0.3) is 5.91 Å². The predicted molar refractivity (Wildman–Crippen MR) is 119 cm³/mol. The molecular formula is C20H12BrClN2O2S2. The standard InChI is InChI=1S/C20H12BrClN2O2S2/c21-16-10-14(26-19(16)27-15-8-6-12(22)7-9-15)11-17-18(25)24-20(28-17)23-13-4-2-1-3-5-13/h1-11H,(H,23,24,25)/b17-11-. The number of nitrogens with zero attached hydrogens (tertiary/aromatic N) is 1. The molecule has 1 aliphatic rings. The van der Waals surface area contributed by atoms with Crippen molar-refractivity contribution >= 4 is 73.9 Å². The fraction of sp³-hybridized carbons (Fsp3) is 0. The molecule has 2 heterocycles. The number of aliphatic imine (C=N–C) groups is 1. The van der Waals surface area contributed by atoms with E-state index in [0.29, 0.717) is 25.9 Å². The number of benzene rings is 2. The van der Waals surface area contributed by atoms with Gasteiger partial charge in [0.2, 0.25) is 0 Å². The van der Waals surface area contributed by atoms with Crippen molar-refractivity contribution in [2.24, 2.45) is 4.99 Å². The molecule has 0 aliphatic carbocycles. The summed E-state index contributed by atoms with van der Waals surface area (Å²) >= 11 is 12.2. The molecule has 4 rings (SSSR count). The van der Waals surface area contributed by atoms with E-state index in [1.807, 2.05) is 60.7 Å². The van der Waals surface area contributed by atoms with Gasteiger partial charge in [-0.15, -0.1) is 0 Å². The molecule has 140 valence electrons. The molecule has 1 N–H and O–H groups in total. The van der Waals surface area contributed by atoms with E-state index >= 15 is 0 Å². The molecule has 0 radical (unpaired) electrons. The molecule has 1 saturated heterocycles. The number of furan rings is 1. The highest BCUT2D eigenvalue weighted by Crippen LogP contribution is 2.38. The van der Waals surface area contributed by atoms with E-state index in [1.165, 1.54) is 23.5 Å². The summed E-state index contributed by atoms with van der Waals surface area (Å²) in [5, 5.41) is 4.71. The van der Waals surface area contributed by atoms with E-state index < -0.39 is 0 Å². The zero-order valence-corrected chi connectivity index (χ0v) is 18.2. The molecule has 0 unspecified atom stereocenters. The second kappa shape index (κ2) is 8.61. The lowest BCUT2D eigenvalue weighted by molar-refractivity contribution is -0.115. The molecular weight excluding hydrogens is 480 g/mol. The van der Waals surface area contributed by atoms with Crippen LogP contribution in [0.25, 0.3) is 6.08 Å². The summed E-state index contributed by atoms with van der Waals surface area (Å²) in [6.45, 7) is 0. The fourth-order valence-electron chi connectivity index (χ4n) is 2.35. The van der Waals surface area contributed by atoms with Crippen LogP contribution in [-0.4, -0.2) is 11.1 Å². The van der Waals surface area contributed by atoms with Gasteiger partial charge >= 0.3 is 0 Å². The predicted octanol–water partition coefficient (Wildman–Crippen LogP) is 6.74. The van der Waals surface area contributed by atoms with Crippen molar-refractivity contribution in [2.75, 3.05) is 0 Å². The van der Waals surface area contributed by atoms with Gasteiger partial charge in [-0.1, -0.05) is 41.6 Å². The Bertz CT molecular complexity index is 1080. The maximum Gasteiger partial charge on any atom is 0.264 e. The zero-order valence-electron chi connectivity index (χ0n) is 14.2. The van der Waals surface area contributed by atoms with Gasteiger partial charge in [-0.3, -0.25) is 4.79 Å². The number of carbonyl (C=O) groups is 1. The van der Waals surface area contributed by atoms with Crippen molar-refractivity contribution in [1.82, 2.24) is 5.32 Å². The molecule has 3 aromatic rings. The van der Waals surface area contributed by atoms with Crippen molar-refractivity contribution in [2.45, 2.75) is 9.99 Å². The maximum atomic E-state index is 12.2. The summed E-state index contributed by atoms with van der Waals surface area (Å²) in [4.78, 5) is 18.2. The molecule has 8 heteroatoms. The van der Waals surface area contributed by atoms with Gasteiger partial charge in [0.15, 0.2) is 10.3 Å². The van der Waals surface area contributed by atoms with E-state index in [0.717, 1.165) is 15.1 Å². The number of nitrogens with one attached hydrogen (secondary N) is 1. The van der Waals surface area contributed by atoms with Crippen LogP contribution in [0.3, 0.4) is 0 Å². The van der Waals surface area contributed by atoms with Crippen LogP contribution in [0.2, 0.25) is 5.02 Å². The highest BCUT2D eigenvalue weighted by atomic mass is 79.9. The van der Waals surface area contributed by atoms with Crippen LogP contribution in [-0.2, 0) is 4.79 Å². The van der Waals surface area contributed by atoms with Crippen molar-refractivity contribution in [3.05, 3.63) is 80.8 Å². The average Bonchev–Trinajstić information content (AvgIpc) is 3.20. The van der Waals surface area contributed by atoms with Gasteiger partial charge in [-0.2, -0.15) is 0 Å². The van der Waals surface area contributed by atoms with Gasteiger partial charge in [-0.05, 0) is 70.2 Å². The summed E-state index contributed by atoms with van der Waals surface area (Å²) in [6.07, 6.45) is 1.71. The van der Waals surface area contributed by atoms with Gasteiger partial charge < -0.3 is 9.73 Å². The van der Waals surface area contributed by atoms with Gasteiger partial charge in [0.05, 0.1) is 15.1 Å². The molecule has 1 fully saturated rings. The second-order valence-corrected chi connectivity index (χ2v) is 9.03. The van der Waals surface area contributed by atoms with Crippen molar-refractivity contribution in [1.29, 1.82) is 0 Å². The Morgan fingerprint density at radius 2 is 1.89 bits per heavy atom. The number of thioether (sulfide) groups is 1. The van der Waals surface area contributed by atoms with E-state index in [-0.39, 0.29) is 5.91 Å². The molecule has 1 amide bonds. The number of halogens is 2. The first kappa shape index (κ1) is 19.4. The maximum absolute atomic E-state index is 12.2. The SMILES string of the molecule is O=C1NC(=Nc2ccccc2)S/C1=C\c1cc(Br)c(Sc2ccc(Cl)cc2)o1. The van der Waals surface area contributed by atoms with Crippen molar-refractivity contribution in [3.63, 3.8) is 0 Å². The number of carbonyl (C=O) groups excluding carboxylic acids is 1. The molecule has 4 nitrogen and oxygen atoms in total. The largest absolute Gasteiger partial charge is 0.449 e. The summed E-state index contributed by atoms with van der Waals surface area (Å²) in [5.41, 5.74) is 0.786. The Hall–Kier alpha value is -1.93.